The van der Waals surface area contributed by atoms with Crippen LogP contribution in [0.25, 0.3) is 10.8 Å². The lowest BCUT2D eigenvalue weighted by atomic mass is 10.0. The van der Waals surface area contributed by atoms with Gasteiger partial charge in [0, 0.05) is 0 Å². The van der Waals surface area contributed by atoms with Crippen molar-refractivity contribution in [3.05, 3.63) is 114 Å². The Kier molecular flexibility index (Phi) is 6.32. The Morgan fingerprint density at radius 2 is 1.59 bits per heavy atom. The number of nitrogens with one attached hydrogen (secondary N) is 1. The van der Waals surface area contributed by atoms with E-state index in [4.69, 9.17) is 4.74 Å². The highest BCUT2D eigenvalue weighted by atomic mass is 19.1. The quantitative estimate of drug-likeness (QED) is 0.207. The molecule has 0 aliphatic rings. The number of hydrogen-bond acceptors (Lipinski definition) is 4. The second-order valence-corrected chi connectivity index (χ2v) is 7.05. The van der Waals surface area contributed by atoms with E-state index in [1.165, 1.54) is 24.4 Å². The Morgan fingerprint density at radius 3 is 2.41 bits per heavy atom. The summed E-state index contributed by atoms with van der Waals surface area (Å²) < 4.78 is 18.9. The van der Waals surface area contributed by atoms with Gasteiger partial charge in [0.25, 0.3) is 0 Å². The SMILES string of the molecule is O=C(Cc1cccc2ccccc12)NN=Cc1ccc(OC(=O)c2ccccc2F)cc1. The molecule has 0 radical (unpaired) electrons. The second kappa shape index (κ2) is 9.66. The van der Waals surface area contributed by atoms with Crippen LogP contribution in [-0.4, -0.2) is 18.1 Å². The van der Waals surface area contributed by atoms with E-state index in [0.717, 1.165) is 16.3 Å². The molecule has 0 spiro atoms. The normalized spacial score (nSPS) is 10.9. The summed E-state index contributed by atoms with van der Waals surface area (Å²) in [7, 11) is 0. The van der Waals surface area contributed by atoms with Gasteiger partial charge in [-0.1, -0.05) is 54.6 Å². The van der Waals surface area contributed by atoms with Gasteiger partial charge in [-0.3, -0.25) is 4.79 Å². The highest BCUT2D eigenvalue weighted by Crippen LogP contribution is 2.19. The van der Waals surface area contributed by atoms with E-state index in [-0.39, 0.29) is 23.6 Å². The van der Waals surface area contributed by atoms with Crippen molar-refractivity contribution in [2.45, 2.75) is 6.42 Å². The largest absolute Gasteiger partial charge is 0.423 e. The number of nitrogens with zero attached hydrogens (tertiary/aromatic N) is 1. The van der Waals surface area contributed by atoms with E-state index in [2.05, 4.69) is 10.5 Å². The zero-order valence-electron chi connectivity index (χ0n) is 17.0. The molecular weight excluding hydrogens is 407 g/mol. The van der Waals surface area contributed by atoms with Crippen LogP contribution >= 0.6 is 0 Å². The molecule has 4 rings (SSSR count). The van der Waals surface area contributed by atoms with Crippen LogP contribution < -0.4 is 10.2 Å². The van der Waals surface area contributed by atoms with Crippen molar-refractivity contribution in [1.29, 1.82) is 0 Å². The molecule has 0 atom stereocenters. The number of amides is 1. The summed E-state index contributed by atoms with van der Waals surface area (Å²) in [6.45, 7) is 0. The lowest BCUT2D eigenvalue weighted by Crippen LogP contribution is -2.19. The highest BCUT2D eigenvalue weighted by molar-refractivity contribution is 5.92. The minimum absolute atomic E-state index is 0.132. The van der Waals surface area contributed by atoms with Gasteiger partial charge in [-0.05, 0) is 58.3 Å². The number of carbonyl (C=O) groups excluding carboxylic acids is 2. The first kappa shape index (κ1) is 20.9. The van der Waals surface area contributed by atoms with Gasteiger partial charge < -0.3 is 4.74 Å². The number of hydrogen-bond donors (Lipinski definition) is 1. The van der Waals surface area contributed by atoms with Gasteiger partial charge in [0.05, 0.1) is 18.2 Å². The predicted octanol–water partition coefficient (Wildman–Crippen LogP) is 4.89. The minimum Gasteiger partial charge on any atom is -0.423 e. The fraction of sp³-hybridized carbons (Fsp3) is 0.0385. The van der Waals surface area contributed by atoms with Crippen molar-refractivity contribution in [1.82, 2.24) is 5.43 Å². The van der Waals surface area contributed by atoms with Gasteiger partial charge in [0.2, 0.25) is 5.91 Å². The number of ether oxygens (including phenoxy) is 1. The molecule has 32 heavy (non-hydrogen) atoms. The standard InChI is InChI=1S/C26H19FN2O3/c27-24-11-4-3-10-23(24)26(31)32-21-14-12-18(13-15-21)17-28-29-25(30)16-20-8-5-7-19-6-1-2-9-22(19)20/h1-15,17H,16H2,(H,29,30). The van der Waals surface area contributed by atoms with Gasteiger partial charge in [0.15, 0.2) is 0 Å². The molecule has 5 nitrogen and oxygen atoms in total. The monoisotopic (exact) mass is 426 g/mol. The number of halogens is 1. The molecule has 0 bridgehead atoms. The van der Waals surface area contributed by atoms with Crippen LogP contribution in [0.15, 0.2) is 96.1 Å². The van der Waals surface area contributed by atoms with Crippen molar-refractivity contribution < 1.29 is 18.7 Å². The third kappa shape index (κ3) is 5.05. The molecular formula is C26H19FN2O3. The van der Waals surface area contributed by atoms with Crippen molar-refractivity contribution in [2.75, 3.05) is 0 Å². The molecule has 0 unspecified atom stereocenters. The van der Waals surface area contributed by atoms with E-state index < -0.39 is 11.8 Å². The number of hydrazone groups is 1. The summed E-state index contributed by atoms with van der Waals surface area (Å²) in [5.41, 5.74) is 4.01. The maximum Gasteiger partial charge on any atom is 0.346 e. The zero-order valence-corrected chi connectivity index (χ0v) is 17.0. The zero-order chi connectivity index (χ0) is 22.3. The molecule has 0 aliphatic heterocycles. The maximum atomic E-state index is 13.7. The maximum absolute atomic E-state index is 13.7. The summed E-state index contributed by atoms with van der Waals surface area (Å²) in [6, 6.07) is 25.9. The number of esters is 1. The molecule has 0 saturated carbocycles. The third-order valence-corrected chi connectivity index (χ3v) is 4.82. The highest BCUT2D eigenvalue weighted by Gasteiger charge is 2.13. The first-order chi connectivity index (χ1) is 15.6. The Labute approximate surface area is 184 Å². The smallest absolute Gasteiger partial charge is 0.346 e. The number of fused-ring (bicyclic) bond motifs is 1. The Morgan fingerprint density at radius 1 is 0.875 bits per heavy atom. The van der Waals surface area contributed by atoms with Gasteiger partial charge in [0.1, 0.15) is 11.6 Å². The average molecular weight is 426 g/mol. The first-order valence-corrected chi connectivity index (χ1v) is 9.95. The summed E-state index contributed by atoms with van der Waals surface area (Å²) in [5, 5.41) is 6.10. The first-order valence-electron chi connectivity index (χ1n) is 9.95. The van der Waals surface area contributed by atoms with Crippen molar-refractivity contribution in [3.8, 4) is 5.75 Å². The Bertz CT molecular complexity index is 1290. The molecule has 4 aromatic rings. The molecule has 0 fully saturated rings. The van der Waals surface area contributed by atoms with Gasteiger partial charge in [-0.2, -0.15) is 5.10 Å². The summed E-state index contributed by atoms with van der Waals surface area (Å²) in [5.74, 6) is -1.37. The summed E-state index contributed by atoms with van der Waals surface area (Å²) in [4.78, 5) is 24.3. The van der Waals surface area contributed by atoms with Crippen LogP contribution in [0.2, 0.25) is 0 Å². The molecule has 1 amide bonds. The second-order valence-electron chi connectivity index (χ2n) is 7.05. The number of rotatable bonds is 6. The van der Waals surface area contributed by atoms with Gasteiger partial charge in [-0.15, -0.1) is 0 Å². The number of benzene rings is 4. The Hall–Kier alpha value is -4.32. The van der Waals surface area contributed by atoms with Crippen LogP contribution in [0.4, 0.5) is 4.39 Å². The molecule has 0 heterocycles. The molecule has 4 aromatic carbocycles. The van der Waals surface area contributed by atoms with E-state index in [1.807, 2.05) is 42.5 Å². The topological polar surface area (TPSA) is 67.8 Å². The van der Waals surface area contributed by atoms with Gasteiger partial charge >= 0.3 is 5.97 Å². The fourth-order valence-corrected chi connectivity index (χ4v) is 3.25. The minimum atomic E-state index is -0.773. The van der Waals surface area contributed by atoms with Gasteiger partial charge in [-0.25, -0.2) is 14.6 Å². The van der Waals surface area contributed by atoms with E-state index >= 15 is 0 Å². The van der Waals surface area contributed by atoms with Crippen molar-refractivity contribution in [2.24, 2.45) is 5.10 Å². The fourth-order valence-electron chi connectivity index (χ4n) is 3.25. The molecule has 158 valence electrons. The van der Waals surface area contributed by atoms with Crippen LogP contribution in [-0.2, 0) is 11.2 Å². The lowest BCUT2D eigenvalue weighted by Gasteiger charge is -2.06. The Balaban J connectivity index is 1.33. The lowest BCUT2D eigenvalue weighted by molar-refractivity contribution is -0.120. The molecule has 0 saturated heterocycles. The molecule has 0 aliphatic carbocycles. The predicted molar refractivity (Wildman–Crippen MR) is 121 cm³/mol. The van der Waals surface area contributed by atoms with E-state index in [9.17, 15) is 14.0 Å². The van der Waals surface area contributed by atoms with E-state index in [1.54, 1.807) is 30.3 Å². The van der Waals surface area contributed by atoms with Crippen molar-refractivity contribution >= 4 is 28.9 Å². The van der Waals surface area contributed by atoms with Crippen molar-refractivity contribution in [3.63, 3.8) is 0 Å². The van der Waals surface area contributed by atoms with Crippen LogP contribution in [0.5, 0.6) is 5.75 Å². The average Bonchev–Trinajstić information content (AvgIpc) is 2.81. The van der Waals surface area contributed by atoms with Crippen LogP contribution in [0.1, 0.15) is 21.5 Å². The van der Waals surface area contributed by atoms with E-state index in [0.29, 0.717) is 5.56 Å². The molecule has 1 N–H and O–H groups in total. The number of carbonyl (C=O) groups is 2. The molecule has 0 aromatic heterocycles. The summed E-state index contributed by atoms with van der Waals surface area (Å²) >= 11 is 0. The third-order valence-electron chi connectivity index (χ3n) is 4.82. The summed E-state index contributed by atoms with van der Waals surface area (Å²) in [6.07, 6.45) is 1.70. The van der Waals surface area contributed by atoms with Crippen LogP contribution in [0.3, 0.4) is 0 Å². The van der Waals surface area contributed by atoms with Crippen LogP contribution in [0, 0.1) is 5.82 Å². The molecule has 6 heteroatoms.